The average molecular weight is 283 g/mol. The van der Waals surface area contributed by atoms with Crippen molar-refractivity contribution in [1.29, 1.82) is 0 Å². The van der Waals surface area contributed by atoms with E-state index in [-0.39, 0.29) is 11.8 Å². The minimum absolute atomic E-state index is 0.0376. The van der Waals surface area contributed by atoms with Crippen molar-refractivity contribution >= 4 is 11.9 Å². The molecule has 1 aliphatic heterocycles. The smallest absolute Gasteiger partial charge is 0.318 e. The highest BCUT2D eigenvalue weighted by Crippen LogP contribution is 2.21. The predicted octanol–water partition coefficient (Wildman–Crippen LogP) is -0.493. The highest BCUT2D eigenvalue weighted by molar-refractivity contribution is 5.76. The Morgan fingerprint density at radius 1 is 1.50 bits per heavy atom. The number of piperidine rings is 1. The maximum Gasteiger partial charge on any atom is 0.318 e. The Morgan fingerprint density at radius 2 is 2.25 bits per heavy atom. The molecule has 2 heterocycles. The van der Waals surface area contributed by atoms with Gasteiger partial charge in [-0.3, -0.25) is 4.79 Å². The Kier molecular flexibility index (Phi) is 5.31. The number of anilines is 1. The van der Waals surface area contributed by atoms with Gasteiger partial charge in [-0.15, -0.1) is 5.10 Å². The number of rotatable bonds is 7. The number of hydrogen-bond donors (Lipinski definition) is 2. The quantitative estimate of drug-likeness (QED) is 0.650. The summed E-state index contributed by atoms with van der Waals surface area (Å²) in [6.45, 7) is 3.33. The van der Waals surface area contributed by atoms with Gasteiger partial charge >= 0.3 is 6.01 Å². The summed E-state index contributed by atoms with van der Waals surface area (Å²) >= 11 is 0. The summed E-state index contributed by atoms with van der Waals surface area (Å²) < 4.78 is 10.5. The molecule has 1 aliphatic rings. The molecular formula is C12H21N5O3. The predicted molar refractivity (Wildman–Crippen MR) is 72.0 cm³/mol. The summed E-state index contributed by atoms with van der Waals surface area (Å²) in [5.74, 6) is 0.288. The summed E-state index contributed by atoms with van der Waals surface area (Å²) in [4.78, 5) is 13.1. The second kappa shape index (κ2) is 7.20. The highest BCUT2D eigenvalue weighted by Gasteiger charge is 2.25. The number of hydrogen-bond acceptors (Lipinski definition) is 7. The van der Waals surface area contributed by atoms with Gasteiger partial charge in [-0.05, 0) is 12.8 Å². The largest absolute Gasteiger partial charge is 0.407 e. The second-order valence-corrected chi connectivity index (χ2v) is 4.81. The molecule has 1 aromatic heterocycles. The number of methoxy groups -OCH3 is 1. The lowest BCUT2D eigenvalue weighted by Crippen LogP contribution is -2.38. The van der Waals surface area contributed by atoms with Crippen molar-refractivity contribution in [2.24, 2.45) is 11.7 Å². The Labute approximate surface area is 117 Å². The molecule has 1 amide bonds. The van der Waals surface area contributed by atoms with Crippen LogP contribution in [0.2, 0.25) is 0 Å². The fourth-order valence-corrected chi connectivity index (χ4v) is 2.17. The lowest BCUT2D eigenvalue weighted by atomic mass is 9.97. The van der Waals surface area contributed by atoms with Gasteiger partial charge in [0.25, 0.3) is 0 Å². The molecule has 0 spiro atoms. The van der Waals surface area contributed by atoms with Crippen LogP contribution >= 0.6 is 0 Å². The Balaban J connectivity index is 1.79. The number of carbonyl (C=O) groups excluding carboxylic acids is 1. The first-order chi connectivity index (χ1) is 9.70. The van der Waals surface area contributed by atoms with Crippen molar-refractivity contribution in [2.45, 2.75) is 19.4 Å². The maximum absolute atomic E-state index is 11.1. The van der Waals surface area contributed by atoms with Crippen LogP contribution < -0.4 is 16.0 Å². The Bertz CT molecular complexity index is 428. The fourth-order valence-electron chi connectivity index (χ4n) is 2.17. The van der Waals surface area contributed by atoms with Gasteiger partial charge in [0.05, 0.1) is 13.2 Å². The van der Waals surface area contributed by atoms with Crippen LogP contribution in [-0.4, -0.2) is 49.5 Å². The third kappa shape index (κ3) is 3.91. The number of ether oxygens (including phenoxy) is 1. The van der Waals surface area contributed by atoms with Crippen LogP contribution in [0, 0.1) is 5.92 Å². The van der Waals surface area contributed by atoms with E-state index < -0.39 is 0 Å². The Morgan fingerprint density at radius 3 is 2.90 bits per heavy atom. The molecule has 1 fully saturated rings. The van der Waals surface area contributed by atoms with Crippen molar-refractivity contribution in [3.8, 4) is 0 Å². The monoisotopic (exact) mass is 283 g/mol. The van der Waals surface area contributed by atoms with Crippen molar-refractivity contribution in [2.75, 3.05) is 38.3 Å². The normalized spacial score (nSPS) is 16.6. The third-order valence-electron chi connectivity index (χ3n) is 3.38. The van der Waals surface area contributed by atoms with Crippen LogP contribution in [0.1, 0.15) is 18.7 Å². The zero-order valence-electron chi connectivity index (χ0n) is 11.7. The van der Waals surface area contributed by atoms with Crippen LogP contribution in [0.5, 0.6) is 0 Å². The van der Waals surface area contributed by atoms with Gasteiger partial charge in [0.1, 0.15) is 0 Å². The minimum Gasteiger partial charge on any atom is -0.407 e. The van der Waals surface area contributed by atoms with Gasteiger partial charge in [0.2, 0.25) is 11.8 Å². The summed E-state index contributed by atoms with van der Waals surface area (Å²) in [7, 11) is 1.65. The number of nitrogens with zero attached hydrogens (tertiary/aromatic N) is 3. The molecule has 112 valence electrons. The van der Waals surface area contributed by atoms with E-state index in [4.69, 9.17) is 14.9 Å². The van der Waals surface area contributed by atoms with E-state index in [1.54, 1.807) is 7.11 Å². The molecule has 0 saturated carbocycles. The highest BCUT2D eigenvalue weighted by atomic mass is 16.5. The van der Waals surface area contributed by atoms with Crippen molar-refractivity contribution in [3.63, 3.8) is 0 Å². The summed E-state index contributed by atoms with van der Waals surface area (Å²) in [5, 5.41) is 11.2. The van der Waals surface area contributed by atoms with Crippen molar-refractivity contribution in [3.05, 3.63) is 5.89 Å². The molecule has 8 heteroatoms. The first-order valence-corrected chi connectivity index (χ1v) is 6.77. The number of amides is 1. The number of nitrogens with one attached hydrogen (secondary N) is 1. The first kappa shape index (κ1) is 14.7. The topological polar surface area (TPSA) is 107 Å². The minimum atomic E-state index is -0.224. The fraction of sp³-hybridized carbons (Fsp3) is 0.750. The van der Waals surface area contributed by atoms with E-state index in [1.807, 2.05) is 4.90 Å². The molecule has 3 N–H and O–H groups in total. The molecule has 20 heavy (non-hydrogen) atoms. The van der Waals surface area contributed by atoms with E-state index in [0.29, 0.717) is 38.1 Å². The van der Waals surface area contributed by atoms with Gasteiger partial charge in [-0.2, -0.15) is 0 Å². The molecule has 0 aromatic carbocycles. The van der Waals surface area contributed by atoms with Gasteiger partial charge in [0, 0.05) is 32.7 Å². The van der Waals surface area contributed by atoms with Gasteiger partial charge in [0.15, 0.2) is 0 Å². The molecule has 0 aliphatic carbocycles. The molecule has 1 aromatic rings. The molecule has 0 atom stereocenters. The summed E-state index contributed by atoms with van der Waals surface area (Å²) in [6.07, 6.45) is 1.47. The summed E-state index contributed by atoms with van der Waals surface area (Å²) in [6, 6.07) is 0.511. The zero-order valence-corrected chi connectivity index (χ0v) is 11.7. The number of carbonyl (C=O) groups is 1. The maximum atomic E-state index is 11.1. The standard InChI is InChI=1S/C12H21N5O3/c1-19-7-4-14-8-10-15-16-12(20-10)17-5-2-9(3-6-17)11(13)18/h9,14H,2-8H2,1H3,(H2,13,18). The van der Waals surface area contributed by atoms with Crippen LogP contribution in [0.3, 0.4) is 0 Å². The van der Waals surface area contributed by atoms with Gasteiger partial charge in [-0.25, -0.2) is 0 Å². The zero-order chi connectivity index (χ0) is 14.4. The van der Waals surface area contributed by atoms with Crippen molar-refractivity contribution in [1.82, 2.24) is 15.5 Å². The second-order valence-electron chi connectivity index (χ2n) is 4.81. The van der Waals surface area contributed by atoms with Crippen LogP contribution in [0.25, 0.3) is 0 Å². The van der Waals surface area contributed by atoms with E-state index in [0.717, 1.165) is 19.4 Å². The molecule has 1 saturated heterocycles. The van der Waals surface area contributed by atoms with Crippen LogP contribution in [0.4, 0.5) is 6.01 Å². The van der Waals surface area contributed by atoms with Gasteiger partial charge < -0.3 is 25.1 Å². The summed E-state index contributed by atoms with van der Waals surface area (Å²) in [5.41, 5.74) is 5.31. The van der Waals surface area contributed by atoms with Crippen molar-refractivity contribution < 1.29 is 13.9 Å². The molecule has 0 bridgehead atoms. The number of primary amides is 1. The van der Waals surface area contributed by atoms with E-state index in [9.17, 15) is 4.79 Å². The van der Waals surface area contributed by atoms with E-state index in [2.05, 4.69) is 15.5 Å². The van der Waals surface area contributed by atoms with Crippen LogP contribution in [0.15, 0.2) is 4.42 Å². The van der Waals surface area contributed by atoms with E-state index >= 15 is 0 Å². The lowest BCUT2D eigenvalue weighted by molar-refractivity contribution is -0.122. The molecule has 0 unspecified atom stereocenters. The first-order valence-electron chi connectivity index (χ1n) is 6.77. The van der Waals surface area contributed by atoms with E-state index in [1.165, 1.54) is 0 Å². The third-order valence-corrected chi connectivity index (χ3v) is 3.38. The lowest BCUT2D eigenvalue weighted by Gasteiger charge is -2.28. The number of aromatic nitrogens is 2. The average Bonchev–Trinajstić information content (AvgIpc) is 2.92. The SMILES string of the molecule is COCCNCc1nnc(N2CCC(C(N)=O)CC2)o1. The number of nitrogens with two attached hydrogens (primary N) is 1. The molecular weight excluding hydrogens is 262 g/mol. The molecule has 2 rings (SSSR count). The van der Waals surface area contributed by atoms with Gasteiger partial charge in [-0.1, -0.05) is 5.10 Å². The Hall–Kier alpha value is -1.67. The van der Waals surface area contributed by atoms with Crippen LogP contribution in [-0.2, 0) is 16.1 Å². The molecule has 0 radical (unpaired) electrons. The molecule has 8 nitrogen and oxygen atoms in total.